The minimum Gasteiger partial charge on any atom is -0.457 e. The molecular weight excluding hydrogens is 206 g/mol. The summed E-state index contributed by atoms with van der Waals surface area (Å²) in [5.41, 5.74) is 7.04. The van der Waals surface area contributed by atoms with Crippen LogP contribution in [0.25, 0.3) is 0 Å². The normalized spacial score (nSPS) is 20.2. The van der Waals surface area contributed by atoms with Gasteiger partial charge in [-0.05, 0) is 40.8 Å². The van der Waals surface area contributed by atoms with Crippen LogP contribution in [0.5, 0.6) is 0 Å². The molecule has 0 aliphatic heterocycles. The molecule has 0 saturated heterocycles. The van der Waals surface area contributed by atoms with Crippen molar-refractivity contribution in [1.82, 2.24) is 0 Å². The maximum atomic E-state index is 5.93. The first-order valence-electron chi connectivity index (χ1n) is 3.77. The zero-order valence-electron chi connectivity index (χ0n) is 6.09. The third kappa shape index (κ3) is 1.49. The van der Waals surface area contributed by atoms with Gasteiger partial charge in [-0.15, -0.1) is 0 Å². The van der Waals surface area contributed by atoms with E-state index >= 15 is 0 Å². The summed E-state index contributed by atoms with van der Waals surface area (Å²) in [5.74, 6) is 0.694. The van der Waals surface area contributed by atoms with Crippen molar-refractivity contribution in [2.24, 2.45) is 11.7 Å². The summed E-state index contributed by atoms with van der Waals surface area (Å²) in [7, 11) is 0. The Balaban J connectivity index is 2.14. The molecule has 1 fully saturated rings. The summed E-state index contributed by atoms with van der Waals surface area (Å²) in [6.45, 7) is 0. The van der Waals surface area contributed by atoms with Crippen LogP contribution in [0.4, 0.5) is 0 Å². The predicted molar refractivity (Wildman–Crippen MR) is 46.1 cm³/mol. The maximum Gasteiger partial charge on any atom is 0.169 e. The molecule has 1 aliphatic rings. The number of halogens is 1. The van der Waals surface area contributed by atoms with Gasteiger partial charge in [0.1, 0.15) is 0 Å². The number of rotatable bonds is 2. The summed E-state index contributed by atoms with van der Waals surface area (Å²) < 4.78 is 5.87. The van der Waals surface area contributed by atoms with Crippen molar-refractivity contribution in [2.75, 3.05) is 0 Å². The van der Waals surface area contributed by atoms with E-state index in [9.17, 15) is 0 Å². The first kappa shape index (κ1) is 7.37. The summed E-state index contributed by atoms with van der Waals surface area (Å²) >= 11 is 3.25. The van der Waals surface area contributed by atoms with Gasteiger partial charge < -0.3 is 10.2 Å². The highest BCUT2D eigenvalue weighted by molar-refractivity contribution is 9.10. The van der Waals surface area contributed by atoms with Gasteiger partial charge in [0.05, 0.1) is 6.26 Å². The van der Waals surface area contributed by atoms with E-state index in [1.165, 1.54) is 12.8 Å². The second kappa shape index (κ2) is 2.64. The summed E-state index contributed by atoms with van der Waals surface area (Å²) in [5, 5.41) is 0. The molecule has 1 aromatic rings. The Bertz CT molecular complexity index is 254. The van der Waals surface area contributed by atoms with Crippen LogP contribution in [0, 0.1) is 5.92 Å². The number of hydrogen-bond acceptors (Lipinski definition) is 2. The standard InChI is InChI=1S/C8H10BrNO/c9-7-3-6(4-11-7)8(10)5-1-2-5/h3-5,8H,1-2,10H2/t8-/m1/s1. The minimum atomic E-state index is 0.185. The van der Waals surface area contributed by atoms with Gasteiger partial charge >= 0.3 is 0 Å². The molecular formula is C8H10BrNO. The largest absolute Gasteiger partial charge is 0.457 e. The molecule has 1 atom stereocenters. The number of nitrogens with two attached hydrogens (primary N) is 1. The van der Waals surface area contributed by atoms with Crippen molar-refractivity contribution in [1.29, 1.82) is 0 Å². The molecule has 2 rings (SSSR count). The first-order valence-corrected chi connectivity index (χ1v) is 4.56. The second-order valence-corrected chi connectivity index (χ2v) is 3.83. The highest BCUT2D eigenvalue weighted by Gasteiger charge is 2.30. The fourth-order valence-corrected chi connectivity index (χ4v) is 1.58. The predicted octanol–water partition coefficient (Wildman–Crippen LogP) is 2.45. The van der Waals surface area contributed by atoms with Crippen LogP contribution in [-0.2, 0) is 0 Å². The molecule has 0 amide bonds. The van der Waals surface area contributed by atoms with E-state index in [1.54, 1.807) is 6.26 Å². The van der Waals surface area contributed by atoms with Gasteiger partial charge in [0.15, 0.2) is 4.67 Å². The monoisotopic (exact) mass is 215 g/mol. The van der Waals surface area contributed by atoms with E-state index < -0.39 is 0 Å². The van der Waals surface area contributed by atoms with Crippen molar-refractivity contribution >= 4 is 15.9 Å². The molecule has 0 unspecified atom stereocenters. The molecule has 1 aromatic heterocycles. The van der Waals surface area contributed by atoms with Crippen LogP contribution in [0.2, 0.25) is 0 Å². The van der Waals surface area contributed by atoms with Crippen molar-refractivity contribution < 1.29 is 4.42 Å². The second-order valence-electron chi connectivity index (χ2n) is 3.05. The quantitative estimate of drug-likeness (QED) is 0.824. The summed E-state index contributed by atoms with van der Waals surface area (Å²) in [6.07, 6.45) is 4.26. The third-order valence-corrected chi connectivity index (χ3v) is 2.52. The van der Waals surface area contributed by atoms with Gasteiger partial charge in [-0.3, -0.25) is 0 Å². The van der Waals surface area contributed by atoms with E-state index in [2.05, 4.69) is 15.9 Å². The zero-order valence-corrected chi connectivity index (χ0v) is 7.67. The Kier molecular flexibility index (Phi) is 1.77. The molecule has 11 heavy (non-hydrogen) atoms. The van der Waals surface area contributed by atoms with Crippen LogP contribution in [0.15, 0.2) is 21.4 Å². The van der Waals surface area contributed by atoms with E-state index in [-0.39, 0.29) is 6.04 Å². The van der Waals surface area contributed by atoms with E-state index in [0.717, 1.165) is 10.2 Å². The minimum absolute atomic E-state index is 0.185. The average Bonchev–Trinajstić information content (AvgIpc) is 2.74. The van der Waals surface area contributed by atoms with Crippen LogP contribution >= 0.6 is 15.9 Å². The lowest BCUT2D eigenvalue weighted by atomic mass is 10.1. The molecule has 1 aliphatic carbocycles. The molecule has 3 heteroatoms. The zero-order chi connectivity index (χ0) is 7.84. The number of hydrogen-bond donors (Lipinski definition) is 1. The molecule has 60 valence electrons. The topological polar surface area (TPSA) is 39.2 Å². The van der Waals surface area contributed by atoms with Gasteiger partial charge in [0.25, 0.3) is 0 Å². The van der Waals surface area contributed by atoms with Crippen LogP contribution in [-0.4, -0.2) is 0 Å². The Morgan fingerprint density at radius 3 is 2.82 bits per heavy atom. The first-order chi connectivity index (χ1) is 5.27. The highest BCUT2D eigenvalue weighted by atomic mass is 79.9. The van der Waals surface area contributed by atoms with Gasteiger partial charge in [0.2, 0.25) is 0 Å². The van der Waals surface area contributed by atoms with E-state index in [1.807, 2.05) is 6.07 Å². The molecule has 0 spiro atoms. The highest BCUT2D eigenvalue weighted by Crippen LogP contribution is 2.40. The lowest BCUT2D eigenvalue weighted by molar-refractivity contribution is 0.530. The van der Waals surface area contributed by atoms with Crippen molar-refractivity contribution in [2.45, 2.75) is 18.9 Å². The Morgan fingerprint density at radius 2 is 2.36 bits per heavy atom. The maximum absolute atomic E-state index is 5.93. The smallest absolute Gasteiger partial charge is 0.169 e. The molecule has 2 nitrogen and oxygen atoms in total. The molecule has 0 radical (unpaired) electrons. The molecule has 0 aromatic carbocycles. The fourth-order valence-electron chi connectivity index (χ4n) is 1.23. The SMILES string of the molecule is N[C@@H](c1coc(Br)c1)C1CC1. The summed E-state index contributed by atoms with van der Waals surface area (Å²) in [4.78, 5) is 0. The Hall–Kier alpha value is -0.280. The van der Waals surface area contributed by atoms with E-state index in [0.29, 0.717) is 5.92 Å². The fraction of sp³-hybridized carbons (Fsp3) is 0.500. The molecule has 1 saturated carbocycles. The van der Waals surface area contributed by atoms with Crippen molar-refractivity contribution in [3.05, 3.63) is 22.6 Å². The lowest BCUT2D eigenvalue weighted by Crippen LogP contribution is -2.10. The van der Waals surface area contributed by atoms with Gasteiger partial charge in [-0.25, -0.2) is 0 Å². The van der Waals surface area contributed by atoms with Gasteiger partial charge in [0, 0.05) is 11.6 Å². The lowest BCUT2D eigenvalue weighted by Gasteiger charge is -2.04. The molecule has 2 N–H and O–H groups in total. The summed E-state index contributed by atoms with van der Waals surface area (Å²) in [6, 6.07) is 2.13. The Morgan fingerprint density at radius 1 is 1.64 bits per heavy atom. The van der Waals surface area contributed by atoms with Crippen LogP contribution in [0.3, 0.4) is 0 Å². The van der Waals surface area contributed by atoms with Crippen molar-refractivity contribution in [3.63, 3.8) is 0 Å². The third-order valence-electron chi connectivity index (χ3n) is 2.10. The Labute approximate surface area is 73.9 Å². The molecule has 1 heterocycles. The van der Waals surface area contributed by atoms with E-state index in [4.69, 9.17) is 10.2 Å². The van der Waals surface area contributed by atoms with Crippen molar-refractivity contribution in [3.8, 4) is 0 Å². The van der Waals surface area contributed by atoms with Gasteiger partial charge in [-0.2, -0.15) is 0 Å². The average molecular weight is 216 g/mol. The molecule has 0 bridgehead atoms. The van der Waals surface area contributed by atoms with Crippen LogP contribution in [0.1, 0.15) is 24.4 Å². The van der Waals surface area contributed by atoms with Gasteiger partial charge in [-0.1, -0.05) is 0 Å². The van der Waals surface area contributed by atoms with Crippen LogP contribution < -0.4 is 5.73 Å². The number of furan rings is 1.